The van der Waals surface area contributed by atoms with Crippen molar-refractivity contribution in [3.05, 3.63) is 18.2 Å². The first-order valence-electron chi connectivity index (χ1n) is 7.13. The van der Waals surface area contributed by atoms with Gasteiger partial charge in [-0.15, -0.1) is 0 Å². The number of carbonyl (C=O) groups is 2. The van der Waals surface area contributed by atoms with E-state index in [0.29, 0.717) is 5.69 Å². The number of amides is 1. The third-order valence-electron chi connectivity index (χ3n) is 2.80. The number of H-pyrrole nitrogens is 1. The molecule has 9 nitrogen and oxygen atoms in total. The van der Waals surface area contributed by atoms with Gasteiger partial charge in [-0.2, -0.15) is 25.3 Å². The zero-order valence-corrected chi connectivity index (χ0v) is 14.8. The van der Waals surface area contributed by atoms with Crippen molar-refractivity contribution in [2.45, 2.75) is 31.1 Å². The Hall–Kier alpha value is -1.27. The van der Waals surface area contributed by atoms with Gasteiger partial charge in [0, 0.05) is 42.8 Å². The van der Waals surface area contributed by atoms with Gasteiger partial charge in [0.15, 0.2) is 0 Å². The molecule has 11 heteroatoms. The highest BCUT2D eigenvalue weighted by Crippen LogP contribution is 1.99. The Bertz CT molecular complexity index is 467. The van der Waals surface area contributed by atoms with E-state index in [1.165, 1.54) is 12.5 Å². The van der Waals surface area contributed by atoms with E-state index in [9.17, 15) is 9.59 Å². The first-order chi connectivity index (χ1) is 11.3. The van der Waals surface area contributed by atoms with E-state index >= 15 is 0 Å². The summed E-state index contributed by atoms with van der Waals surface area (Å²) in [6.07, 6.45) is 1.78. The minimum Gasteiger partial charge on any atom is -0.480 e. The minimum atomic E-state index is -1.08. The van der Waals surface area contributed by atoms with Crippen LogP contribution in [0.2, 0.25) is 0 Å². The smallest absolute Gasteiger partial charge is 0.326 e. The zero-order valence-electron chi connectivity index (χ0n) is 13.0. The molecule has 1 unspecified atom stereocenters. The summed E-state index contributed by atoms with van der Waals surface area (Å²) in [6, 6.07) is -0.959. The lowest BCUT2D eigenvalue weighted by molar-refractivity contribution is -0.141. The van der Waals surface area contributed by atoms with Gasteiger partial charge in [-0.3, -0.25) is 4.79 Å². The lowest BCUT2D eigenvalue weighted by atomic mass is 10.1. The van der Waals surface area contributed by atoms with Crippen LogP contribution < -0.4 is 11.1 Å². The lowest BCUT2D eigenvalue weighted by Crippen LogP contribution is -2.42. The number of imidazole rings is 1. The van der Waals surface area contributed by atoms with E-state index in [4.69, 9.17) is 21.1 Å². The number of aromatic amines is 1. The topological polar surface area (TPSA) is 162 Å². The molecule has 138 valence electrons. The molecule has 0 aliphatic carbocycles. The Kier molecular flexibility index (Phi) is 12.4. The number of rotatable bonds is 9. The van der Waals surface area contributed by atoms with E-state index in [2.05, 4.69) is 40.5 Å². The number of hydrogen-bond donors (Lipinski definition) is 8. The maximum absolute atomic E-state index is 11.2. The van der Waals surface area contributed by atoms with Gasteiger partial charge in [0.1, 0.15) is 6.04 Å². The van der Waals surface area contributed by atoms with Gasteiger partial charge in [0.2, 0.25) is 5.91 Å². The number of carboxylic acid groups (broad SMARTS) is 1. The molecule has 0 fully saturated rings. The number of carboxylic acids is 1. The molecule has 7 N–H and O–H groups in total. The second kappa shape index (κ2) is 13.1. The van der Waals surface area contributed by atoms with Crippen molar-refractivity contribution in [3.8, 4) is 0 Å². The Morgan fingerprint density at radius 2 is 1.88 bits per heavy atom. The van der Waals surface area contributed by atoms with Crippen LogP contribution in [0.1, 0.15) is 12.1 Å². The zero-order chi connectivity index (χ0) is 18.5. The normalized spacial score (nSPS) is 14.0. The van der Waals surface area contributed by atoms with Crippen LogP contribution in [-0.4, -0.2) is 73.5 Å². The molecule has 0 aliphatic rings. The second-order valence-electron chi connectivity index (χ2n) is 4.78. The predicted molar refractivity (Wildman–Crippen MR) is 95.2 cm³/mol. The Morgan fingerprint density at radius 3 is 2.25 bits per heavy atom. The maximum atomic E-state index is 11.2. The van der Waals surface area contributed by atoms with Crippen LogP contribution in [-0.2, 0) is 16.0 Å². The second-order valence-corrected chi connectivity index (χ2v) is 5.51. The van der Waals surface area contributed by atoms with Crippen LogP contribution in [0.25, 0.3) is 0 Å². The quantitative estimate of drug-likeness (QED) is 0.240. The number of aliphatic carboxylic acids is 1. The molecule has 0 saturated carbocycles. The van der Waals surface area contributed by atoms with Gasteiger partial charge in [0.25, 0.3) is 0 Å². The molecule has 1 rings (SSSR count). The SMILES string of the molecule is NCCC(=O)NC(Cc1cnc[nH]1)C(=O)O.O[C@H](CS)[C@H](O)CS. The number of aliphatic hydroxyl groups excluding tert-OH is 2. The third-order valence-corrected chi connectivity index (χ3v) is 3.55. The monoisotopic (exact) mass is 380 g/mol. The molecule has 1 amide bonds. The number of hydrogen-bond acceptors (Lipinski definition) is 8. The fraction of sp³-hybridized carbons (Fsp3) is 0.615. The molecule has 24 heavy (non-hydrogen) atoms. The summed E-state index contributed by atoms with van der Waals surface area (Å²) >= 11 is 7.53. The van der Waals surface area contributed by atoms with Crippen molar-refractivity contribution in [1.29, 1.82) is 0 Å². The van der Waals surface area contributed by atoms with E-state index < -0.39 is 24.2 Å². The van der Waals surface area contributed by atoms with Crippen LogP contribution in [0.3, 0.4) is 0 Å². The van der Waals surface area contributed by atoms with E-state index in [1.807, 2.05) is 0 Å². The molecule has 1 aromatic rings. The number of aromatic nitrogens is 2. The summed E-state index contributed by atoms with van der Waals surface area (Å²) in [5, 5.41) is 28.8. The highest BCUT2D eigenvalue weighted by Gasteiger charge is 2.20. The van der Waals surface area contributed by atoms with Crippen LogP contribution in [0.4, 0.5) is 0 Å². The minimum absolute atomic E-state index is 0.118. The highest BCUT2D eigenvalue weighted by molar-refractivity contribution is 7.80. The van der Waals surface area contributed by atoms with Crippen LogP contribution in [0, 0.1) is 0 Å². The molecular formula is C13H24N4O5S2. The number of nitrogens with two attached hydrogens (primary N) is 1. The van der Waals surface area contributed by atoms with E-state index in [1.54, 1.807) is 0 Å². The largest absolute Gasteiger partial charge is 0.480 e. The van der Waals surface area contributed by atoms with Gasteiger partial charge >= 0.3 is 5.97 Å². The summed E-state index contributed by atoms with van der Waals surface area (Å²) in [7, 11) is 0. The van der Waals surface area contributed by atoms with Crippen LogP contribution in [0.15, 0.2) is 12.5 Å². The van der Waals surface area contributed by atoms with Gasteiger partial charge in [-0.25, -0.2) is 9.78 Å². The first kappa shape index (κ1) is 22.7. The van der Waals surface area contributed by atoms with Gasteiger partial charge in [0.05, 0.1) is 18.5 Å². The summed E-state index contributed by atoms with van der Waals surface area (Å²) in [5.41, 5.74) is 5.85. The Morgan fingerprint density at radius 1 is 1.29 bits per heavy atom. The van der Waals surface area contributed by atoms with Gasteiger partial charge in [-0.05, 0) is 0 Å². The summed E-state index contributed by atoms with van der Waals surface area (Å²) in [6.45, 7) is 0.197. The first-order valence-corrected chi connectivity index (χ1v) is 8.39. The summed E-state index contributed by atoms with van der Waals surface area (Å²) in [5.74, 6) is -0.891. The predicted octanol–water partition coefficient (Wildman–Crippen LogP) is -1.56. The molecule has 0 aromatic carbocycles. The number of carbonyl (C=O) groups excluding carboxylic acids is 1. The number of thiol groups is 2. The van der Waals surface area contributed by atoms with Crippen LogP contribution in [0.5, 0.6) is 0 Å². The molecule has 3 atom stereocenters. The number of aliphatic hydroxyl groups is 2. The molecule has 1 aromatic heterocycles. The Balaban J connectivity index is 0.000000561. The van der Waals surface area contributed by atoms with Gasteiger partial charge < -0.3 is 31.4 Å². The Labute approximate surface area is 150 Å². The average molecular weight is 380 g/mol. The molecule has 0 bridgehead atoms. The van der Waals surface area contributed by atoms with E-state index in [-0.39, 0.29) is 36.8 Å². The number of nitrogens with one attached hydrogen (secondary N) is 2. The summed E-state index contributed by atoms with van der Waals surface area (Å²) < 4.78 is 0. The molecule has 1 heterocycles. The lowest BCUT2D eigenvalue weighted by Gasteiger charge is -2.13. The van der Waals surface area contributed by atoms with Crippen molar-refractivity contribution in [1.82, 2.24) is 15.3 Å². The number of nitrogens with zero attached hydrogens (tertiary/aromatic N) is 1. The standard InChI is InChI=1S/C9H14N4O3.C4H10O2S2/c10-2-1-8(14)13-7(9(15)16)3-6-4-11-5-12-6;5-3(1-7)4(6)2-8/h4-5,7H,1-3,10H2,(H,11,12)(H,13,14)(H,15,16);3-8H,1-2H2/t;3-,4-/m.1/s1. The molecule has 0 saturated heterocycles. The van der Waals surface area contributed by atoms with Crippen molar-refractivity contribution in [2.24, 2.45) is 5.73 Å². The van der Waals surface area contributed by atoms with Gasteiger partial charge in [-0.1, -0.05) is 0 Å². The van der Waals surface area contributed by atoms with Crippen molar-refractivity contribution in [3.63, 3.8) is 0 Å². The molecule has 0 spiro atoms. The van der Waals surface area contributed by atoms with E-state index in [0.717, 1.165) is 0 Å². The van der Waals surface area contributed by atoms with Crippen LogP contribution >= 0.6 is 25.3 Å². The highest BCUT2D eigenvalue weighted by atomic mass is 32.1. The summed E-state index contributed by atoms with van der Waals surface area (Å²) in [4.78, 5) is 28.6. The van der Waals surface area contributed by atoms with Crippen molar-refractivity contribution >= 4 is 37.1 Å². The average Bonchev–Trinajstić information content (AvgIpc) is 3.06. The maximum Gasteiger partial charge on any atom is 0.326 e. The molecule has 0 aliphatic heterocycles. The fourth-order valence-corrected chi connectivity index (χ4v) is 1.94. The fourth-order valence-electron chi connectivity index (χ4n) is 1.46. The molecular weight excluding hydrogens is 356 g/mol. The van der Waals surface area contributed by atoms with Crippen molar-refractivity contribution < 1.29 is 24.9 Å². The van der Waals surface area contributed by atoms with Crippen molar-refractivity contribution in [2.75, 3.05) is 18.1 Å². The molecule has 0 radical (unpaired) electrons. The third kappa shape index (κ3) is 9.78.